The van der Waals surface area contributed by atoms with Crippen LogP contribution in [-0.2, 0) is 6.42 Å². The smallest absolute Gasteiger partial charge is 0.315 e. The molecular weight excluding hydrogens is 286 g/mol. The van der Waals surface area contributed by atoms with Crippen molar-refractivity contribution in [1.82, 2.24) is 15.5 Å². The Bertz CT molecular complexity index is 478. The van der Waals surface area contributed by atoms with Gasteiger partial charge in [-0.3, -0.25) is 0 Å². The largest absolute Gasteiger partial charge is 0.336 e. The third-order valence-corrected chi connectivity index (χ3v) is 4.79. The molecule has 1 unspecified atom stereocenters. The van der Waals surface area contributed by atoms with Crippen LogP contribution in [0.2, 0.25) is 0 Å². The molecule has 1 aromatic carbocycles. The first-order valence-electron chi connectivity index (χ1n) is 8.89. The van der Waals surface area contributed by atoms with E-state index in [1.165, 1.54) is 30.4 Å². The van der Waals surface area contributed by atoms with Crippen molar-refractivity contribution in [2.24, 2.45) is 0 Å². The Morgan fingerprint density at radius 1 is 1.17 bits per heavy atom. The van der Waals surface area contributed by atoms with Gasteiger partial charge in [-0.2, -0.15) is 0 Å². The third kappa shape index (κ3) is 5.54. The zero-order valence-electron chi connectivity index (χ0n) is 14.8. The minimum Gasteiger partial charge on any atom is -0.336 e. The van der Waals surface area contributed by atoms with E-state index in [2.05, 4.69) is 60.8 Å². The lowest BCUT2D eigenvalue weighted by Gasteiger charge is -2.27. The van der Waals surface area contributed by atoms with Gasteiger partial charge in [-0.25, -0.2) is 4.79 Å². The van der Waals surface area contributed by atoms with Crippen molar-refractivity contribution in [2.45, 2.75) is 57.5 Å². The number of aryl methyl sites for hydroxylation is 1. The normalized spacial score (nSPS) is 17.0. The van der Waals surface area contributed by atoms with E-state index in [1.54, 1.807) is 0 Å². The number of amides is 2. The monoisotopic (exact) mass is 317 g/mol. The molecule has 0 bridgehead atoms. The summed E-state index contributed by atoms with van der Waals surface area (Å²) in [5.41, 5.74) is 2.58. The Balaban J connectivity index is 1.87. The molecule has 1 aromatic rings. The van der Waals surface area contributed by atoms with E-state index in [0.717, 1.165) is 19.3 Å². The molecule has 1 fully saturated rings. The number of carbonyl (C=O) groups is 1. The number of likely N-dealkylation sites (N-methyl/N-ethyl adjacent to an activating group) is 1. The van der Waals surface area contributed by atoms with Gasteiger partial charge in [-0.05, 0) is 44.5 Å². The fourth-order valence-electron chi connectivity index (χ4n) is 3.25. The molecule has 2 amide bonds. The van der Waals surface area contributed by atoms with Crippen LogP contribution < -0.4 is 10.6 Å². The van der Waals surface area contributed by atoms with Gasteiger partial charge in [-0.15, -0.1) is 0 Å². The maximum Gasteiger partial charge on any atom is 0.315 e. The Morgan fingerprint density at radius 2 is 1.83 bits per heavy atom. The number of hydrogen-bond acceptors (Lipinski definition) is 2. The summed E-state index contributed by atoms with van der Waals surface area (Å²) in [5.74, 6) is 0. The molecule has 128 valence electrons. The number of carbonyl (C=O) groups excluding carboxylic acids is 1. The van der Waals surface area contributed by atoms with Gasteiger partial charge in [0.15, 0.2) is 0 Å². The van der Waals surface area contributed by atoms with Crippen molar-refractivity contribution >= 4 is 6.03 Å². The number of nitrogens with zero attached hydrogens (tertiary/aromatic N) is 1. The SMILES string of the molecule is CCc1ccc(C(CNC(=O)NC2CCCCC2)N(C)C)cc1. The van der Waals surface area contributed by atoms with Crippen LogP contribution in [0, 0.1) is 0 Å². The molecule has 0 aromatic heterocycles. The lowest BCUT2D eigenvalue weighted by molar-refractivity contribution is 0.225. The molecule has 0 radical (unpaired) electrons. The highest BCUT2D eigenvalue weighted by atomic mass is 16.2. The van der Waals surface area contributed by atoms with Crippen LogP contribution in [0.1, 0.15) is 56.2 Å². The van der Waals surface area contributed by atoms with E-state index in [-0.39, 0.29) is 12.1 Å². The Labute approximate surface area is 140 Å². The minimum atomic E-state index is -0.0334. The molecule has 0 aliphatic heterocycles. The topological polar surface area (TPSA) is 44.4 Å². The average Bonchev–Trinajstić information content (AvgIpc) is 2.56. The summed E-state index contributed by atoms with van der Waals surface area (Å²) in [5, 5.41) is 6.16. The van der Waals surface area contributed by atoms with Crippen molar-refractivity contribution in [3.05, 3.63) is 35.4 Å². The highest BCUT2D eigenvalue weighted by Crippen LogP contribution is 2.19. The van der Waals surface area contributed by atoms with Crippen molar-refractivity contribution in [2.75, 3.05) is 20.6 Å². The van der Waals surface area contributed by atoms with Crippen LogP contribution >= 0.6 is 0 Å². The van der Waals surface area contributed by atoms with Crippen LogP contribution in [0.4, 0.5) is 4.79 Å². The van der Waals surface area contributed by atoms with E-state index < -0.39 is 0 Å². The molecule has 2 N–H and O–H groups in total. The maximum absolute atomic E-state index is 12.1. The fourth-order valence-corrected chi connectivity index (χ4v) is 3.25. The molecule has 23 heavy (non-hydrogen) atoms. The summed E-state index contributed by atoms with van der Waals surface area (Å²) in [7, 11) is 4.11. The van der Waals surface area contributed by atoms with Gasteiger partial charge >= 0.3 is 6.03 Å². The summed E-state index contributed by atoms with van der Waals surface area (Å²) >= 11 is 0. The van der Waals surface area contributed by atoms with Gasteiger partial charge in [0.05, 0.1) is 6.04 Å². The summed E-state index contributed by atoms with van der Waals surface area (Å²) < 4.78 is 0. The van der Waals surface area contributed by atoms with E-state index in [4.69, 9.17) is 0 Å². The Morgan fingerprint density at radius 3 is 2.39 bits per heavy atom. The molecular formula is C19H31N3O. The number of benzene rings is 1. The minimum absolute atomic E-state index is 0.0334. The third-order valence-electron chi connectivity index (χ3n) is 4.79. The molecule has 0 heterocycles. The van der Waals surface area contributed by atoms with Crippen LogP contribution in [0.5, 0.6) is 0 Å². The van der Waals surface area contributed by atoms with Crippen molar-refractivity contribution in [1.29, 1.82) is 0 Å². The number of nitrogens with one attached hydrogen (secondary N) is 2. The van der Waals surface area contributed by atoms with Crippen LogP contribution in [0.3, 0.4) is 0 Å². The average molecular weight is 317 g/mol. The van der Waals surface area contributed by atoms with E-state index >= 15 is 0 Å². The second-order valence-corrected chi connectivity index (χ2v) is 6.76. The molecule has 1 saturated carbocycles. The summed E-state index contributed by atoms with van der Waals surface area (Å²) in [4.78, 5) is 14.3. The molecule has 2 rings (SSSR count). The Hall–Kier alpha value is -1.55. The number of hydrogen-bond donors (Lipinski definition) is 2. The second kappa shape index (κ2) is 8.92. The highest BCUT2D eigenvalue weighted by Gasteiger charge is 2.18. The fraction of sp³-hybridized carbons (Fsp3) is 0.632. The van der Waals surface area contributed by atoms with Crippen LogP contribution in [-0.4, -0.2) is 37.6 Å². The zero-order chi connectivity index (χ0) is 16.7. The van der Waals surface area contributed by atoms with Gasteiger partial charge in [0.1, 0.15) is 0 Å². The Kier molecular flexibility index (Phi) is 6.90. The second-order valence-electron chi connectivity index (χ2n) is 6.76. The molecule has 4 nitrogen and oxygen atoms in total. The quantitative estimate of drug-likeness (QED) is 0.843. The van der Waals surface area contributed by atoms with E-state index in [0.29, 0.717) is 12.6 Å². The number of urea groups is 1. The summed E-state index contributed by atoms with van der Waals surface area (Å²) in [6.07, 6.45) is 7.04. The predicted molar refractivity (Wildman–Crippen MR) is 95.7 cm³/mol. The van der Waals surface area contributed by atoms with E-state index in [9.17, 15) is 4.79 Å². The summed E-state index contributed by atoms with van der Waals surface area (Å²) in [6, 6.07) is 9.20. The van der Waals surface area contributed by atoms with Gasteiger partial charge in [0.2, 0.25) is 0 Å². The van der Waals surface area contributed by atoms with Gasteiger partial charge in [0, 0.05) is 12.6 Å². The molecule has 1 atom stereocenters. The zero-order valence-corrected chi connectivity index (χ0v) is 14.8. The van der Waals surface area contributed by atoms with Crippen LogP contribution in [0.25, 0.3) is 0 Å². The lowest BCUT2D eigenvalue weighted by Crippen LogP contribution is -2.45. The van der Waals surface area contributed by atoms with Crippen molar-refractivity contribution < 1.29 is 4.79 Å². The summed E-state index contributed by atoms with van der Waals surface area (Å²) in [6.45, 7) is 2.78. The molecule has 1 aliphatic rings. The van der Waals surface area contributed by atoms with Gasteiger partial charge in [-0.1, -0.05) is 50.5 Å². The van der Waals surface area contributed by atoms with E-state index in [1.807, 2.05) is 0 Å². The maximum atomic E-state index is 12.1. The first-order chi connectivity index (χ1) is 11.1. The molecule has 4 heteroatoms. The predicted octanol–water partition coefficient (Wildman–Crippen LogP) is 3.48. The number of rotatable bonds is 6. The van der Waals surface area contributed by atoms with Gasteiger partial charge < -0.3 is 15.5 Å². The van der Waals surface area contributed by atoms with Crippen LogP contribution in [0.15, 0.2) is 24.3 Å². The first-order valence-corrected chi connectivity index (χ1v) is 8.89. The standard InChI is InChI=1S/C19H31N3O/c1-4-15-10-12-16(13-11-15)18(22(2)3)14-20-19(23)21-17-8-6-5-7-9-17/h10-13,17-18H,4-9,14H2,1-3H3,(H2,20,21,23). The van der Waals surface area contributed by atoms with Crippen molar-refractivity contribution in [3.8, 4) is 0 Å². The molecule has 1 aliphatic carbocycles. The first kappa shape index (κ1) is 17.8. The highest BCUT2D eigenvalue weighted by molar-refractivity contribution is 5.74. The lowest BCUT2D eigenvalue weighted by atomic mass is 9.96. The molecule has 0 spiro atoms. The molecule has 0 saturated heterocycles. The van der Waals surface area contributed by atoms with Gasteiger partial charge in [0.25, 0.3) is 0 Å². The van der Waals surface area contributed by atoms with Crippen molar-refractivity contribution in [3.63, 3.8) is 0 Å².